The molecular formula is C20H27ClN2O2. The molecule has 0 radical (unpaired) electrons. The number of nitrogens with two attached hydrogens (primary N) is 1. The Bertz CT molecular complexity index is 662. The molecule has 0 fully saturated rings. The van der Waals surface area contributed by atoms with E-state index in [1.54, 1.807) is 0 Å². The molecule has 2 unspecified atom stereocenters. The van der Waals surface area contributed by atoms with E-state index in [4.69, 9.17) is 10.5 Å². The van der Waals surface area contributed by atoms with Crippen LogP contribution in [0.15, 0.2) is 54.6 Å². The zero-order chi connectivity index (χ0) is 17.5. The highest BCUT2D eigenvalue weighted by Crippen LogP contribution is 2.21. The van der Waals surface area contributed by atoms with Crippen molar-refractivity contribution in [1.82, 2.24) is 5.32 Å². The van der Waals surface area contributed by atoms with Crippen LogP contribution in [-0.2, 0) is 11.3 Å². The van der Waals surface area contributed by atoms with Gasteiger partial charge in [-0.15, -0.1) is 12.4 Å². The van der Waals surface area contributed by atoms with E-state index < -0.39 is 0 Å². The summed E-state index contributed by atoms with van der Waals surface area (Å²) >= 11 is 0. The van der Waals surface area contributed by atoms with Crippen molar-refractivity contribution in [3.63, 3.8) is 0 Å². The number of hydrogen-bond donors (Lipinski definition) is 2. The molecule has 0 aromatic heterocycles. The lowest BCUT2D eigenvalue weighted by Gasteiger charge is -2.20. The first-order chi connectivity index (χ1) is 11.5. The summed E-state index contributed by atoms with van der Waals surface area (Å²) in [5.74, 6) is 0.420. The number of carbonyl (C=O) groups is 1. The quantitative estimate of drug-likeness (QED) is 0.786. The number of ether oxygens (including phenoxy) is 1. The Morgan fingerprint density at radius 2 is 1.64 bits per heavy atom. The van der Waals surface area contributed by atoms with Crippen molar-refractivity contribution in [2.24, 2.45) is 11.7 Å². The van der Waals surface area contributed by atoms with Crippen molar-refractivity contribution >= 4 is 18.3 Å². The van der Waals surface area contributed by atoms with Gasteiger partial charge in [-0.3, -0.25) is 4.79 Å². The topological polar surface area (TPSA) is 64.3 Å². The second-order valence-corrected chi connectivity index (χ2v) is 6.22. The van der Waals surface area contributed by atoms with Crippen LogP contribution in [0.5, 0.6) is 5.75 Å². The lowest BCUT2D eigenvalue weighted by molar-refractivity contribution is -0.125. The number of amides is 1. The molecule has 0 aliphatic rings. The van der Waals surface area contributed by atoms with Gasteiger partial charge in [-0.25, -0.2) is 0 Å². The molecule has 25 heavy (non-hydrogen) atoms. The van der Waals surface area contributed by atoms with E-state index >= 15 is 0 Å². The Hall–Kier alpha value is -2.04. The van der Waals surface area contributed by atoms with Crippen LogP contribution >= 0.6 is 12.4 Å². The molecule has 0 spiro atoms. The second-order valence-electron chi connectivity index (χ2n) is 6.22. The van der Waals surface area contributed by atoms with E-state index in [1.807, 2.05) is 75.4 Å². The van der Waals surface area contributed by atoms with Crippen molar-refractivity contribution in [2.75, 3.05) is 0 Å². The smallest absolute Gasteiger partial charge is 0.225 e. The zero-order valence-electron chi connectivity index (χ0n) is 14.9. The van der Waals surface area contributed by atoms with Gasteiger partial charge in [0.05, 0.1) is 12.0 Å². The van der Waals surface area contributed by atoms with Gasteiger partial charge in [0.25, 0.3) is 0 Å². The molecule has 2 aromatic carbocycles. The average Bonchev–Trinajstić information content (AvgIpc) is 2.59. The summed E-state index contributed by atoms with van der Waals surface area (Å²) in [4.78, 5) is 12.4. The van der Waals surface area contributed by atoms with Gasteiger partial charge in [0.15, 0.2) is 0 Å². The molecule has 2 rings (SSSR count). The van der Waals surface area contributed by atoms with Crippen molar-refractivity contribution in [1.29, 1.82) is 0 Å². The number of hydrogen-bond acceptors (Lipinski definition) is 3. The van der Waals surface area contributed by atoms with Crippen LogP contribution in [0.3, 0.4) is 0 Å². The number of para-hydroxylation sites is 1. The predicted octanol–water partition coefficient (Wildman–Crippen LogP) is 3.85. The fraction of sp³-hybridized carbons (Fsp3) is 0.350. The number of benzene rings is 2. The highest BCUT2D eigenvalue weighted by molar-refractivity contribution is 5.85. The van der Waals surface area contributed by atoms with Gasteiger partial charge in [-0.1, -0.05) is 55.5 Å². The summed E-state index contributed by atoms with van der Waals surface area (Å²) in [5, 5.41) is 2.96. The normalized spacial score (nSPS) is 12.8. The Kier molecular flexibility index (Phi) is 8.46. The summed E-state index contributed by atoms with van der Waals surface area (Å²) in [7, 11) is 0. The SMILES string of the molecule is CC(C)Oc1ccccc1CNC(=O)C(C)C(N)c1ccccc1.Cl. The van der Waals surface area contributed by atoms with Crippen LogP contribution in [0.1, 0.15) is 37.9 Å². The van der Waals surface area contributed by atoms with Crippen molar-refractivity contribution in [2.45, 2.75) is 39.5 Å². The van der Waals surface area contributed by atoms with E-state index in [1.165, 1.54) is 0 Å². The zero-order valence-corrected chi connectivity index (χ0v) is 15.8. The third-order valence-corrected chi connectivity index (χ3v) is 3.93. The summed E-state index contributed by atoms with van der Waals surface area (Å²) < 4.78 is 5.78. The highest BCUT2D eigenvalue weighted by Gasteiger charge is 2.22. The Morgan fingerprint density at radius 3 is 2.28 bits per heavy atom. The lowest BCUT2D eigenvalue weighted by Crippen LogP contribution is -2.35. The van der Waals surface area contributed by atoms with Crippen molar-refractivity contribution in [3.05, 3.63) is 65.7 Å². The minimum absolute atomic E-state index is 0. The van der Waals surface area contributed by atoms with Crippen molar-refractivity contribution in [3.8, 4) is 5.75 Å². The van der Waals surface area contributed by atoms with Gasteiger partial charge in [0.2, 0.25) is 5.91 Å². The van der Waals surface area contributed by atoms with E-state index in [2.05, 4.69) is 5.32 Å². The lowest BCUT2D eigenvalue weighted by atomic mass is 9.94. The fourth-order valence-electron chi connectivity index (χ4n) is 2.49. The molecule has 5 heteroatoms. The molecule has 0 aliphatic carbocycles. The van der Waals surface area contributed by atoms with Gasteiger partial charge < -0.3 is 15.8 Å². The fourth-order valence-corrected chi connectivity index (χ4v) is 2.49. The van der Waals surface area contributed by atoms with E-state index in [0.29, 0.717) is 6.54 Å². The third-order valence-electron chi connectivity index (χ3n) is 3.93. The predicted molar refractivity (Wildman–Crippen MR) is 104 cm³/mol. The maximum Gasteiger partial charge on any atom is 0.225 e. The van der Waals surface area contributed by atoms with Crippen LogP contribution < -0.4 is 15.8 Å². The van der Waals surface area contributed by atoms with Crippen LogP contribution in [-0.4, -0.2) is 12.0 Å². The number of rotatable bonds is 7. The van der Waals surface area contributed by atoms with Crippen LogP contribution in [0.2, 0.25) is 0 Å². The molecule has 0 saturated heterocycles. The minimum atomic E-state index is -0.326. The van der Waals surface area contributed by atoms with E-state index in [-0.39, 0.29) is 36.4 Å². The molecule has 3 N–H and O–H groups in total. The molecule has 2 aromatic rings. The maximum absolute atomic E-state index is 12.4. The molecule has 0 aliphatic heterocycles. The van der Waals surface area contributed by atoms with Gasteiger partial charge in [0, 0.05) is 18.2 Å². The summed E-state index contributed by atoms with van der Waals surface area (Å²) in [6.45, 7) is 6.24. The monoisotopic (exact) mass is 362 g/mol. The minimum Gasteiger partial charge on any atom is -0.491 e. The first-order valence-corrected chi connectivity index (χ1v) is 8.32. The second kappa shape index (κ2) is 10.1. The Morgan fingerprint density at radius 1 is 1.04 bits per heavy atom. The van der Waals surface area contributed by atoms with Gasteiger partial charge in [-0.2, -0.15) is 0 Å². The van der Waals surface area contributed by atoms with Crippen molar-refractivity contribution < 1.29 is 9.53 Å². The summed E-state index contributed by atoms with van der Waals surface area (Å²) in [5.41, 5.74) is 8.14. The molecular weight excluding hydrogens is 336 g/mol. The molecule has 0 heterocycles. The Balaban J connectivity index is 0.00000312. The Labute approximate surface area is 156 Å². The van der Waals surface area contributed by atoms with E-state index in [0.717, 1.165) is 16.9 Å². The maximum atomic E-state index is 12.4. The van der Waals surface area contributed by atoms with Gasteiger partial charge >= 0.3 is 0 Å². The first kappa shape index (κ1) is 21.0. The largest absolute Gasteiger partial charge is 0.491 e. The number of halogens is 1. The number of nitrogens with one attached hydrogen (secondary N) is 1. The molecule has 2 atom stereocenters. The summed E-state index contributed by atoms with van der Waals surface area (Å²) in [6, 6.07) is 17.1. The van der Waals surface area contributed by atoms with Gasteiger partial charge in [-0.05, 0) is 25.5 Å². The molecule has 136 valence electrons. The van der Waals surface area contributed by atoms with Gasteiger partial charge in [0.1, 0.15) is 5.75 Å². The van der Waals surface area contributed by atoms with Crippen LogP contribution in [0, 0.1) is 5.92 Å². The first-order valence-electron chi connectivity index (χ1n) is 8.32. The molecule has 0 saturated carbocycles. The van der Waals surface area contributed by atoms with Crippen LogP contribution in [0.25, 0.3) is 0 Å². The summed E-state index contributed by atoms with van der Waals surface area (Å²) in [6.07, 6.45) is 0.0901. The molecule has 0 bridgehead atoms. The molecule has 1 amide bonds. The van der Waals surface area contributed by atoms with Crippen LogP contribution in [0.4, 0.5) is 0 Å². The average molecular weight is 363 g/mol. The standard InChI is InChI=1S/C20H26N2O2.ClH/c1-14(2)24-18-12-8-7-11-17(18)13-22-20(23)15(3)19(21)16-9-5-4-6-10-16;/h4-12,14-15,19H,13,21H2,1-3H3,(H,22,23);1H. The highest BCUT2D eigenvalue weighted by atomic mass is 35.5. The number of carbonyl (C=O) groups excluding carboxylic acids is 1. The van der Waals surface area contributed by atoms with E-state index in [9.17, 15) is 4.79 Å². The molecule has 4 nitrogen and oxygen atoms in total. The third kappa shape index (κ3) is 6.07.